The zero-order valence-electron chi connectivity index (χ0n) is 17.6. The molecule has 7 heteroatoms. The first kappa shape index (κ1) is 24.4. The van der Waals surface area contributed by atoms with Crippen LogP contribution in [0.4, 0.5) is 0 Å². The van der Waals surface area contributed by atoms with E-state index >= 15 is 0 Å². The van der Waals surface area contributed by atoms with Gasteiger partial charge in [0.25, 0.3) is 0 Å². The summed E-state index contributed by atoms with van der Waals surface area (Å²) in [4.78, 5) is 6.95. The molecule has 0 bridgehead atoms. The molecule has 0 aliphatic carbocycles. The summed E-state index contributed by atoms with van der Waals surface area (Å²) in [5.74, 6) is 0.860. The van der Waals surface area contributed by atoms with E-state index in [1.54, 1.807) is 0 Å². The Labute approximate surface area is 192 Å². The number of rotatable bonds is 10. The molecule has 3 rings (SSSR count). The molecular formula is C22H37IN4O2. The van der Waals surface area contributed by atoms with Gasteiger partial charge in [-0.15, -0.1) is 24.0 Å². The van der Waals surface area contributed by atoms with E-state index in [0.717, 1.165) is 51.7 Å². The van der Waals surface area contributed by atoms with Gasteiger partial charge in [-0.2, -0.15) is 0 Å². The highest BCUT2D eigenvalue weighted by Crippen LogP contribution is 2.24. The van der Waals surface area contributed by atoms with Gasteiger partial charge in [0.15, 0.2) is 5.96 Å². The van der Waals surface area contributed by atoms with Crippen LogP contribution in [0.3, 0.4) is 0 Å². The lowest BCUT2D eigenvalue weighted by atomic mass is 10.1. The first-order chi connectivity index (χ1) is 13.9. The molecule has 0 radical (unpaired) electrons. The fourth-order valence-corrected chi connectivity index (χ4v) is 3.97. The van der Waals surface area contributed by atoms with E-state index in [9.17, 15) is 0 Å². The van der Waals surface area contributed by atoms with Crippen LogP contribution < -0.4 is 10.6 Å². The maximum absolute atomic E-state index is 5.72. The number of nitrogens with one attached hydrogen (secondary N) is 2. The standard InChI is InChI=1S/C22H36N4O2.HI/c1-23-22(24-12-8-15-27-18-20-11-7-16-28-20)25-17-21(26-13-5-6-14-26)19-9-3-2-4-10-19;/h2-4,9-10,20-21H,5-8,11-18H2,1H3,(H2,23,24,25);1H. The van der Waals surface area contributed by atoms with Crippen LogP contribution in [-0.2, 0) is 9.47 Å². The molecule has 2 aliphatic heterocycles. The second kappa shape index (κ2) is 14.2. The molecule has 0 spiro atoms. The Balaban J connectivity index is 0.00000300. The molecule has 2 fully saturated rings. The topological polar surface area (TPSA) is 58.1 Å². The summed E-state index contributed by atoms with van der Waals surface area (Å²) in [7, 11) is 1.83. The zero-order valence-corrected chi connectivity index (χ0v) is 20.0. The van der Waals surface area contributed by atoms with Crippen molar-refractivity contribution < 1.29 is 9.47 Å². The second-order valence-corrected chi connectivity index (χ2v) is 7.61. The summed E-state index contributed by atoms with van der Waals surface area (Å²) in [5, 5.41) is 6.92. The highest BCUT2D eigenvalue weighted by atomic mass is 127. The van der Waals surface area contributed by atoms with Crippen molar-refractivity contribution in [1.29, 1.82) is 0 Å². The third-order valence-corrected chi connectivity index (χ3v) is 5.54. The van der Waals surface area contributed by atoms with Crippen molar-refractivity contribution in [2.75, 3.05) is 53.0 Å². The van der Waals surface area contributed by atoms with Crippen LogP contribution in [0.15, 0.2) is 35.3 Å². The molecule has 2 N–H and O–H groups in total. The van der Waals surface area contributed by atoms with E-state index in [1.807, 2.05) is 7.05 Å². The predicted octanol–water partition coefficient (Wildman–Crippen LogP) is 3.19. The van der Waals surface area contributed by atoms with Crippen molar-refractivity contribution in [3.05, 3.63) is 35.9 Å². The van der Waals surface area contributed by atoms with E-state index in [2.05, 4.69) is 50.9 Å². The van der Waals surface area contributed by atoms with E-state index in [1.165, 1.54) is 37.9 Å². The molecule has 164 valence electrons. The monoisotopic (exact) mass is 516 g/mol. The van der Waals surface area contributed by atoms with Gasteiger partial charge in [0, 0.05) is 33.4 Å². The lowest BCUT2D eigenvalue weighted by Gasteiger charge is -2.29. The summed E-state index contributed by atoms with van der Waals surface area (Å²) >= 11 is 0. The molecule has 2 saturated heterocycles. The van der Waals surface area contributed by atoms with Gasteiger partial charge in [-0.05, 0) is 50.8 Å². The molecule has 2 heterocycles. The number of benzene rings is 1. The van der Waals surface area contributed by atoms with E-state index in [4.69, 9.17) is 9.47 Å². The highest BCUT2D eigenvalue weighted by molar-refractivity contribution is 14.0. The van der Waals surface area contributed by atoms with Gasteiger partial charge in [-0.3, -0.25) is 9.89 Å². The van der Waals surface area contributed by atoms with Crippen LogP contribution in [0.5, 0.6) is 0 Å². The Hall–Kier alpha value is -0.900. The van der Waals surface area contributed by atoms with Crippen molar-refractivity contribution >= 4 is 29.9 Å². The summed E-state index contributed by atoms with van der Waals surface area (Å²) in [6.45, 7) is 6.43. The van der Waals surface area contributed by atoms with E-state index in [0.29, 0.717) is 12.1 Å². The molecule has 2 atom stereocenters. The van der Waals surface area contributed by atoms with Crippen molar-refractivity contribution in [2.45, 2.75) is 44.2 Å². The SMILES string of the molecule is CN=C(NCCCOCC1CCCO1)NCC(c1ccccc1)N1CCCC1.I. The summed E-state index contributed by atoms with van der Waals surface area (Å²) in [6, 6.07) is 11.2. The Morgan fingerprint density at radius 2 is 2.00 bits per heavy atom. The van der Waals surface area contributed by atoms with Crippen LogP contribution in [0.2, 0.25) is 0 Å². The van der Waals surface area contributed by atoms with Gasteiger partial charge in [0.1, 0.15) is 0 Å². The normalized spacial score (nSPS) is 21.0. The number of nitrogens with zero attached hydrogens (tertiary/aromatic N) is 2. The molecule has 2 aliphatic rings. The smallest absolute Gasteiger partial charge is 0.191 e. The average Bonchev–Trinajstić information content (AvgIpc) is 3.44. The highest BCUT2D eigenvalue weighted by Gasteiger charge is 2.23. The molecule has 1 aromatic rings. The third kappa shape index (κ3) is 8.39. The van der Waals surface area contributed by atoms with Crippen LogP contribution in [0.1, 0.15) is 43.7 Å². The van der Waals surface area contributed by atoms with Gasteiger partial charge in [-0.25, -0.2) is 0 Å². The number of ether oxygens (including phenoxy) is 2. The Morgan fingerprint density at radius 3 is 2.69 bits per heavy atom. The summed E-state index contributed by atoms with van der Waals surface area (Å²) < 4.78 is 11.3. The first-order valence-corrected chi connectivity index (χ1v) is 10.8. The minimum atomic E-state index is 0. The van der Waals surface area contributed by atoms with Crippen LogP contribution in [-0.4, -0.2) is 70.0 Å². The molecule has 29 heavy (non-hydrogen) atoms. The number of guanidine groups is 1. The molecule has 0 amide bonds. The van der Waals surface area contributed by atoms with Crippen LogP contribution in [0.25, 0.3) is 0 Å². The van der Waals surface area contributed by atoms with Crippen molar-refractivity contribution in [2.24, 2.45) is 4.99 Å². The maximum atomic E-state index is 5.72. The lowest BCUT2D eigenvalue weighted by molar-refractivity contribution is 0.0168. The van der Waals surface area contributed by atoms with Gasteiger partial charge in [-0.1, -0.05) is 30.3 Å². The predicted molar refractivity (Wildman–Crippen MR) is 129 cm³/mol. The molecule has 1 aromatic carbocycles. The zero-order chi connectivity index (χ0) is 19.4. The van der Waals surface area contributed by atoms with Gasteiger partial charge >= 0.3 is 0 Å². The van der Waals surface area contributed by atoms with Crippen LogP contribution >= 0.6 is 24.0 Å². The fourth-order valence-electron chi connectivity index (χ4n) is 3.97. The van der Waals surface area contributed by atoms with Gasteiger partial charge < -0.3 is 20.1 Å². The van der Waals surface area contributed by atoms with Crippen molar-refractivity contribution in [1.82, 2.24) is 15.5 Å². The Bertz CT molecular complexity index is 575. The number of hydrogen-bond donors (Lipinski definition) is 2. The molecular weight excluding hydrogens is 479 g/mol. The van der Waals surface area contributed by atoms with Gasteiger partial charge in [0.05, 0.1) is 18.8 Å². The average molecular weight is 516 g/mol. The third-order valence-electron chi connectivity index (χ3n) is 5.54. The van der Waals surface area contributed by atoms with Crippen LogP contribution in [0, 0.1) is 0 Å². The van der Waals surface area contributed by atoms with E-state index < -0.39 is 0 Å². The first-order valence-electron chi connectivity index (χ1n) is 10.8. The second-order valence-electron chi connectivity index (χ2n) is 7.61. The molecule has 0 saturated carbocycles. The Morgan fingerprint density at radius 1 is 1.21 bits per heavy atom. The molecule has 2 unspecified atom stereocenters. The maximum Gasteiger partial charge on any atom is 0.191 e. The molecule has 0 aromatic heterocycles. The summed E-state index contributed by atoms with van der Waals surface area (Å²) in [6.07, 6.45) is 6.15. The van der Waals surface area contributed by atoms with E-state index in [-0.39, 0.29) is 24.0 Å². The van der Waals surface area contributed by atoms with Crippen molar-refractivity contribution in [3.8, 4) is 0 Å². The van der Waals surface area contributed by atoms with Gasteiger partial charge in [0.2, 0.25) is 0 Å². The summed E-state index contributed by atoms with van der Waals surface area (Å²) in [5.41, 5.74) is 1.37. The lowest BCUT2D eigenvalue weighted by Crippen LogP contribution is -2.43. The number of hydrogen-bond acceptors (Lipinski definition) is 4. The molecule has 6 nitrogen and oxygen atoms in total. The minimum Gasteiger partial charge on any atom is -0.379 e. The largest absolute Gasteiger partial charge is 0.379 e. The quantitative estimate of drug-likeness (QED) is 0.217. The number of halogens is 1. The number of likely N-dealkylation sites (tertiary alicyclic amines) is 1. The Kier molecular flexibility index (Phi) is 11.9. The number of aliphatic imine (C=N–C) groups is 1. The fraction of sp³-hybridized carbons (Fsp3) is 0.682. The van der Waals surface area contributed by atoms with Crippen molar-refractivity contribution in [3.63, 3.8) is 0 Å². The minimum absolute atomic E-state index is 0.